The van der Waals surface area contributed by atoms with Crippen LogP contribution in [-0.4, -0.2) is 37.5 Å². The van der Waals surface area contributed by atoms with Crippen LogP contribution < -0.4 is 14.8 Å². The zero-order valence-corrected chi connectivity index (χ0v) is 16.2. The second-order valence-electron chi connectivity index (χ2n) is 7.29. The van der Waals surface area contributed by atoms with Gasteiger partial charge in [-0.25, -0.2) is 0 Å². The predicted molar refractivity (Wildman–Crippen MR) is 106 cm³/mol. The van der Waals surface area contributed by atoms with Crippen LogP contribution in [0.1, 0.15) is 34.3 Å². The summed E-state index contributed by atoms with van der Waals surface area (Å²) in [5, 5.41) is 2.94. The third-order valence-electron chi connectivity index (χ3n) is 5.36. The normalized spacial score (nSPS) is 15.6. The van der Waals surface area contributed by atoms with Crippen LogP contribution in [0.5, 0.6) is 11.5 Å². The van der Waals surface area contributed by atoms with Crippen LogP contribution in [-0.2, 0) is 17.8 Å². The lowest BCUT2D eigenvalue weighted by Gasteiger charge is -2.29. The molecular weight excluding hydrogens is 356 g/mol. The Kier molecular flexibility index (Phi) is 4.94. The third kappa shape index (κ3) is 3.67. The van der Waals surface area contributed by atoms with E-state index in [1.165, 1.54) is 12.7 Å². The molecule has 2 aliphatic rings. The van der Waals surface area contributed by atoms with E-state index < -0.39 is 0 Å². The molecule has 0 unspecified atom stereocenters. The van der Waals surface area contributed by atoms with Gasteiger partial charge in [-0.05, 0) is 60.7 Å². The molecule has 1 heterocycles. The minimum Gasteiger partial charge on any atom is -0.493 e. The first-order valence-corrected chi connectivity index (χ1v) is 9.53. The van der Waals surface area contributed by atoms with E-state index >= 15 is 0 Å². The minimum atomic E-state index is -0.220. The molecule has 1 aliphatic carbocycles. The van der Waals surface area contributed by atoms with Crippen molar-refractivity contribution < 1.29 is 19.1 Å². The van der Waals surface area contributed by atoms with Crippen molar-refractivity contribution in [1.82, 2.24) is 4.90 Å². The van der Waals surface area contributed by atoms with Gasteiger partial charge in [-0.15, -0.1) is 0 Å². The molecule has 0 atom stereocenters. The van der Waals surface area contributed by atoms with E-state index in [2.05, 4.69) is 5.32 Å². The molecule has 0 radical (unpaired) electrons. The molecule has 1 aliphatic heterocycles. The van der Waals surface area contributed by atoms with E-state index in [0.717, 1.165) is 37.1 Å². The first-order chi connectivity index (χ1) is 13.6. The Hall–Kier alpha value is -3.02. The number of hydrogen-bond acceptors (Lipinski definition) is 4. The number of nitrogens with zero attached hydrogens (tertiary/aromatic N) is 1. The summed E-state index contributed by atoms with van der Waals surface area (Å²) in [7, 11) is 3.10. The second kappa shape index (κ2) is 7.54. The van der Waals surface area contributed by atoms with Crippen LogP contribution in [0.25, 0.3) is 0 Å². The number of nitrogens with one attached hydrogen (secondary N) is 1. The van der Waals surface area contributed by atoms with Crippen LogP contribution in [0.3, 0.4) is 0 Å². The molecule has 6 nitrogen and oxygen atoms in total. The van der Waals surface area contributed by atoms with Gasteiger partial charge >= 0.3 is 0 Å². The number of ether oxygens (including phenoxy) is 2. The molecule has 0 aromatic heterocycles. The Balaban J connectivity index is 1.49. The fourth-order valence-corrected chi connectivity index (χ4v) is 3.59. The highest BCUT2D eigenvalue weighted by atomic mass is 16.5. The molecule has 1 fully saturated rings. The number of amides is 2. The van der Waals surface area contributed by atoms with E-state index in [0.29, 0.717) is 23.6 Å². The lowest BCUT2D eigenvalue weighted by atomic mass is 9.98. The van der Waals surface area contributed by atoms with Gasteiger partial charge in [-0.2, -0.15) is 0 Å². The largest absolute Gasteiger partial charge is 0.493 e. The van der Waals surface area contributed by atoms with Crippen LogP contribution in [0.2, 0.25) is 0 Å². The predicted octanol–water partition coefficient (Wildman–Crippen LogP) is 3.25. The summed E-state index contributed by atoms with van der Waals surface area (Å²) in [5.74, 6) is 1.37. The molecule has 1 saturated carbocycles. The van der Waals surface area contributed by atoms with Crippen molar-refractivity contribution in [3.8, 4) is 11.5 Å². The molecule has 1 N–H and O–H groups in total. The molecular formula is C22H24N2O4. The highest BCUT2D eigenvalue weighted by Crippen LogP contribution is 2.33. The smallest absolute Gasteiger partial charge is 0.255 e. The molecule has 2 amide bonds. The van der Waals surface area contributed by atoms with E-state index in [1.54, 1.807) is 25.3 Å². The number of fused-ring (bicyclic) bond motifs is 1. The molecule has 2 aromatic rings. The molecule has 4 rings (SSSR count). The van der Waals surface area contributed by atoms with Gasteiger partial charge in [0.25, 0.3) is 5.91 Å². The SMILES string of the molecule is COc1ccc(C(=O)Nc2ccc3c(c2)CN(C(=O)C2CC2)CC3)cc1OC. The second-order valence-corrected chi connectivity index (χ2v) is 7.29. The van der Waals surface area contributed by atoms with Crippen molar-refractivity contribution >= 4 is 17.5 Å². The molecule has 0 saturated heterocycles. The summed E-state index contributed by atoms with van der Waals surface area (Å²) in [4.78, 5) is 27.0. The van der Waals surface area contributed by atoms with Gasteiger partial charge in [0, 0.05) is 30.3 Å². The fraction of sp³-hybridized carbons (Fsp3) is 0.364. The van der Waals surface area contributed by atoms with E-state index in [4.69, 9.17) is 9.47 Å². The molecule has 146 valence electrons. The van der Waals surface area contributed by atoms with Crippen molar-refractivity contribution in [2.24, 2.45) is 5.92 Å². The number of carbonyl (C=O) groups is 2. The van der Waals surface area contributed by atoms with Crippen LogP contribution in [0, 0.1) is 5.92 Å². The van der Waals surface area contributed by atoms with Gasteiger partial charge in [0.2, 0.25) is 5.91 Å². The Bertz CT molecular complexity index is 921. The van der Waals surface area contributed by atoms with Gasteiger partial charge in [0.1, 0.15) is 0 Å². The Morgan fingerprint density at radius 1 is 1.00 bits per heavy atom. The van der Waals surface area contributed by atoms with Crippen molar-refractivity contribution in [3.63, 3.8) is 0 Å². The van der Waals surface area contributed by atoms with Gasteiger partial charge in [-0.3, -0.25) is 9.59 Å². The Morgan fingerprint density at radius 3 is 2.50 bits per heavy atom. The van der Waals surface area contributed by atoms with Gasteiger partial charge in [0.05, 0.1) is 14.2 Å². The maximum Gasteiger partial charge on any atom is 0.255 e. The first-order valence-electron chi connectivity index (χ1n) is 9.53. The molecule has 28 heavy (non-hydrogen) atoms. The summed E-state index contributed by atoms with van der Waals surface area (Å²) in [5.41, 5.74) is 3.55. The quantitative estimate of drug-likeness (QED) is 0.865. The summed E-state index contributed by atoms with van der Waals surface area (Å²) in [6, 6.07) is 11.0. The third-order valence-corrected chi connectivity index (χ3v) is 5.36. The average molecular weight is 380 g/mol. The molecule has 2 aromatic carbocycles. The van der Waals surface area contributed by atoms with Crippen molar-refractivity contribution in [1.29, 1.82) is 0 Å². The number of rotatable bonds is 5. The summed E-state index contributed by atoms with van der Waals surface area (Å²) < 4.78 is 10.5. The summed E-state index contributed by atoms with van der Waals surface area (Å²) >= 11 is 0. The molecule has 0 bridgehead atoms. The Labute approximate surface area is 164 Å². The van der Waals surface area contributed by atoms with Gasteiger partial charge in [0.15, 0.2) is 11.5 Å². The number of anilines is 1. The molecule has 6 heteroatoms. The average Bonchev–Trinajstić information content (AvgIpc) is 3.57. The zero-order valence-electron chi connectivity index (χ0n) is 16.2. The highest BCUT2D eigenvalue weighted by molar-refractivity contribution is 6.04. The van der Waals surface area contributed by atoms with Crippen LogP contribution >= 0.6 is 0 Å². The van der Waals surface area contributed by atoms with E-state index in [1.807, 2.05) is 23.1 Å². The monoisotopic (exact) mass is 380 g/mol. The Morgan fingerprint density at radius 2 is 1.79 bits per heavy atom. The lowest BCUT2D eigenvalue weighted by Crippen LogP contribution is -2.36. The maximum absolute atomic E-state index is 12.6. The highest BCUT2D eigenvalue weighted by Gasteiger charge is 2.34. The standard InChI is InChI=1S/C22H24N2O4/c1-27-19-8-6-16(12-20(19)28-2)21(25)23-18-7-5-14-9-10-24(13-17(14)11-18)22(26)15-3-4-15/h5-8,11-12,15H,3-4,9-10,13H2,1-2H3,(H,23,25). The number of benzene rings is 2. The fourth-order valence-electron chi connectivity index (χ4n) is 3.59. The van der Waals surface area contributed by atoms with Crippen molar-refractivity contribution in [2.75, 3.05) is 26.1 Å². The minimum absolute atomic E-state index is 0.220. The zero-order chi connectivity index (χ0) is 19.7. The topological polar surface area (TPSA) is 67.9 Å². The maximum atomic E-state index is 12.6. The van der Waals surface area contributed by atoms with Gasteiger partial charge < -0.3 is 19.7 Å². The summed E-state index contributed by atoms with van der Waals surface area (Å²) in [6.07, 6.45) is 2.89. The van der Waals surface area contributed by atoms with E-state index in [-0.39, 0.29) is 17.7 Å². The first kappa shape index (κ1) is 18.3. The molecule has 0 spiro atoms. The summed E-state index contributed by atoms with van der Waals surface area (Å²) in [6.45, 7) is 1.39. The lowest BCUT2D eigenvalue weighted by molar-refractivity contribution is -0.133. The number of methoxy groups -OCH3 is 2. The van der Waals surface area contributed by atoms with Crippen LogP contribution in [0.15, 0.2) is 36.4 Å². The van der Waals surface area contributed by atoms with Gasteiger partial charge in [-0.1, -0.05) is 6.07 Å². The van der Waals surface area contributed by atoms with Crippen molar-refractivity contribution in [2.45, 2.75) is 25.8 Å². The van der Waals surface area contributed by atoms with Crippen LogP contribution in [0.4, 0.5) is 5.69 Å². The van der Waals surface area contributed by atoms with E-state index in [9.17, 15) is 9.59 Å². The van der Waals surface area contributed by atoms with Crippen molar-refractivity contribution in [3.05, 3.63) is 53.1 Å². The number of hydrogen-bond donors (Lipinski definition) is 1. The number of carbonyl (C=O) groups excluding carboxylic acids is 2.